The monoisotopic (exact) mass is 299 g/mol. The maximum absolute atomic E-state index is 11.6. The van der Waals surface area contributed by atoms with Crippen molar-refractivity contribution in [3.05, 3.63) is 47.5 Å². The molecule has 3 heteroatoms. The summed E-state index contributed by atoms with van der Waals surface area (Å²) >= 11 is 0. The molecule has 0 saturated carbocycles. The van der Waals surface area contributed by atoms with Crippen LogP contribution in [-0.2, 0) is 14.9 Å². The molecule has 1 heterocycles. The van der Waals surface area contributed by atoms with E-state index in [0.29, 0.717) is 6.61 Å². The van der Waals surface area contributed by atoms with Gasteiger partial charge in [0, 0.05) is 25.4 Å². The number of amides is 1. The smallest absolute Gasteiger partial charge is 0.219 e. The minimum absolute atomic E-state index is 0.164. The first-order chi connectivity index (χ1) is 10.6. The maximum Gasteiger partial charge on any atom is 0.219 e. The van der Waals surface area contributed by atoms with Gasteiger partial charge in [0.1, 0.15) is 0 Å². The van der Waals surface area contributed by atoms with Gasteiger partial charge in [0.05, 0.1) is 12.7 Å². The molecule has 0 bridgehead atoms. The van der Waals surface area contributed by atoms with Gasteiger partial charge in [0.25, 0.3) is 0 Å². The van der Waals surface area contributed by atoms with Gasteiger partial charge < -0.3 is 9.64 Å². The van der Waals surface area contributed by atoms with E-state index in [2.05, 4.69) is 31.7 Å². The highest BCUT2D eigenvalue weighted by molar-refractivity contribution is 5.73. The van der Waals surface area contributed by atoms with Gasteiger partial charge in [-0.1, -0.05) is 29.8 Å². The number of benzene rings is 1. The minimum Gasteiger partial charge on any atom is -0.369 e. The second kappa shape index (κ2) is 5.88. The molecule has 3 nitrogen and oxygen atoms in total. The normalized spacial score (nSPS) is 22.6. The number of nitrogens with zero attached hydrogens (tertiary/aromatic N) is 1. The van der Waals surface area contributed by atoms with Crippen molar-refractivity contribution in [2.75, 3.05) is 19.7 Å². The Bertz CT molecular complexity index is 585. The molecule has 118 valence electrons. The van der Waals surface area contributed by atoms with E-state index >= 15 is 0 Å². The lowest BCUT2D eigenvalue weighted by molar-refractivity contribution is -0.130. The van der Waals surface area contributed by atoms with Gasteiger partial charge in [-0.25, -0.2) is 0 Å². The molecule has 1 amide bonds. The summed E-state index contributed by atoms with van der Waals surface area (Å²) in [5.74, 6) is 0.191. The van der Waals surface area contributed by atoms with Crippen molar-refractivity contribution in [1.82, 2.24) is 4.90 Å². The van der Waals surface area contributed by atoms with Crippen LogP contribution in [0, 0.1) is 6.92 Å². The Morgan fingerprint density at radius 2 is 2.18 bits per heavy atom. The van der Waals surface area contributed by atoms with E-state index in [1.165, 1.54) is 16.7 Å². The maximum atomic E-state index is 11.6. The average Bonchev–Trinajstić information content (AvgIpc) is 2.79. The number of carbonyl (C=O) groups is 1. The Labute approximate surface area is 133 Å². The molecule has 1 spiro atoms. The van der Waals surface area contributed by atoms with Gasteiger partial charge in [-0.2, -0.15) is 0 Å². The lowest BCUT2D eigenvalue weighted by Gasteiger charge is -2.40. The molecule has 0 aromatic heterocycles. The van der Waals surface area contributed by atoms with Gasteiger partial charge in [-0.3, -0.25) is 4.79 Å². The number of piperidine rings is 1. The van der Waals surface area contributed by atoms with Crippen LogP contribution in [0.15, 0.2) is 30.9 Å². The van der Waals surface area contributed by atoms with Crippen LogP contribution in [0.25, 0.3) is 0 Å². The molecule has 0 N–H and O–H groups in total. The highest BCUT2D eigenvalue weighted by Crippen LogP contribution is 2.52. The summed E-state index contributed by atoms with van der Waals surface area (Å²) in [4.78, 5) is 13.6. The predicted molar refractivity (Wildman–Crippen MR) is 87.9 cm³/mol. The summed E-state index contributed by atoms with van der Waals surface area (Å²) < 4.78 is 6.02. The van der Waals surface area contributed by atoms with Gasteiger partial charge in [0.2, 0.25) is 5.91 Å². The number of ether oxygens (including phenoxy) is 1. The molecule has 1 aliphatic carbocycles. The molecule has 1 aliphatic heterocycles. The van der Waals surface area contributed by atoms with E-state index in [1.807, 2.05) is 11.0 Å². The van der Waals surface area contributed by atoms with Crippen LogP contribution < -0.4 is 0 Å². The van der Waals surface area contributed by atoms with Crippen molar-refractivity contribution in [3.8, 4) is 0 Å². The molecule has 1 aromatic carbocycles. The average molecular weight is 299 g/mol. The van der Waals surface area contributed by atoms with Crippen molar-refractivity contribution >= 4 is 5.91 Å². The first kappa shape index (κ1) is 15.3. The third-order valence-corrected chi connectivity index (χ3v) is 5.28. The SMILES string of the molecule is C=CCO[C@H]1CC2(CCN(C(C)=O)CC2)c2cc(C)ccc21. The summed E-state index contributed by atoms with van der Waals surface area (Å²) in [5, 5.41) is 0. The molecule has 22 heavy (non-hydrogen) atoms. The predicted octanol–water partition coefficient (Wildman–Crippen LogP) is 3.52. The Balaban J connectivity index is 1.89. The van der Waals surface area contributed by atoms with E-state index in [0.717, 1.165) is 32.4 Å². The third-order valence-electron chi connectivity index (χ3n) is 5.28. The molecule has 1 aromatic rings. The second-order valence-corrected chi connectivity index (χ2v) is 6.69. The van der Waals surface area contributed by atoms with E-state index in [1.54, 1.807) is 6.92 Å². The summed E-state index contributed by atoms with van der Waals surface area (Å²) in [7, 11) is 0. The number of carbonyl (C=O) groups excluding carboxylic acids is 1. The molecule has 2 aliphatic rings. The van der Waals surface area contributed by atoms with Crippen LogP contribution in [0.5, 0.6) is 0 Å². The number of aryl methyl sites for hydroxylation is 1. The highest BCUT2D eigenvalue weighted by Gasteiger charge is 2.46. The number of rotatable bonds is 3. The summed E-state index contributed by atoms with van der Waals surface area (Å²) in [5.41, 5.74) is 4.27. The molecule has 0 radical (unpaired) electrons. The topological polar surface area (TPSA) is 29.5 Å². The van der Waals surface area contributed by atoms with Crippen molar-refractivity contribution in [3.63, 3.8) is 0 Å². The lowest BCUT2D eigenvalue weighted by atomic mass is 9.73. The second-order valence-electron chi connectivity index (χ2n) is 6.69. The molecule has 3 rings (SSSR count). The van der Waals surface area contributed by atoms with Crippen LogP contribution in [0.2, 0.25) is 0 Å². The molecule has 1 atom stereocenters. The van der Waals surface area contributed by atoms with E-state index < -0.39 is 0 Å². The minimum atomic E-state index is 0.164. The first-order valence-electron chi connectivity index (χ1n) is 8.15. The fraction of sp³-hybridized carbons (Fsp3) is 0.526. The first-order valence-corrected chi connectivity index (χ1v) is 8.15. The van der Waals surface area contributed by atoms with E-state index in [-0.39, 0.29) is 17.4 Å². The number of hydrogen-bond acceptors (Lipinski definition) is 2. The zero-order valence-electron chi connectivity index (χ0n) is 13.6. The summed E-state index contributed by atoms with van der Waals surface area (Å²) in [6.07, 6.45) is 5.09. The van der Waals surface area contributed by atoms with Crippen LogP contribution in [0.3, 0.4) is 0 Å². The molecular formula is C19H25NO2. The number of likely N-dealkylation sites (tertiary alicyclic amines) is 1. The fourth-order valence-electron chi connectivity index (χ4n) is 4.04. The molecular weight excluding hydrogens is 274 g/mol. The number of fused-ring (bicyclic) bond motifs is 2. The Hall–Kier alpha value is -1.61. The lowest BCUT2D eigenvalue weighted by Crippen LogP contribution is -2.43. The van der Waals surface area contributed by atoms with Crippen molar-refractivity contribution in [1.29, 1.82) is 0 Å². The highest BCUT2D eigenvalue weighted by atomic mass is 16.5. The Morgan fingerprint density at radius 1 is 1.45 bits per heavy atom. The molecule has 0 unspecified atom stereocenters. The summed E-state index contributed by atoms with van der Waals surface area (Å²) in [6, 6.07) is 6.73. The third kappa shape index (κ3) is 2.58. The van der Waals surface area contributed by atoms with Gasteiger partial charge in [0.15, 0.2) is 0 Å². The standard InChI is InChI=1S/C19H25NO2/c1-4-11-22-18-13-19(7-9-20(10-8-19)15(3)21)17-12-14(2)5-6-16(17)18/h4-6,12,18H,1,7-11,13H2,2-3H3/t18-/m0/s1. The van der Waals surface area contributed by atoms with E-state index in [4.69, 9.17) is 4.74 Å². The molecule has 1 saturated heterocycles. The fourth-order valence-corrected chi connectivity index (χ4v) is 4.04. The van der Waals surface area contributed by atoms with Crippen LogP contribution in [0.4, 0.5) is 0 Å². The van der Waals surface area contributed by atoms with Crippen LogP contribution in [0.1, 0.15) is 49.0 Å². The van der Waals surface area contributed by atoms with E-state index in [9.17, 15) is 4.79 Å². The quantitative estimate of drug-likeness (QED) is 0.799. The number of hydrogen-bond donors (Lipinski definition) is 0. The van der Waals surface area contributed by atoms with Gasteiger partial charge in [-0.15, -0.1) is 6.58 Å². The molecule has 1 fully saturated rings. The van der Waals surface area contributed by atoms with Crippen LogP contribution in [-0.4, -0.2) is 30.5 Å². The van der Waals surface area contributed by atoms with Crippen molar-refractivity contribution in [2.45, 2.75) is 44.6 Å². The van der Waals surface area contributed by atoms with Crippen molar-refractivity contribution < 1.29 is 9.53 Å². The van der Waals surface area contributed by atoms with Crippen LogP contribution >= 0.6 is 0 Å². The Morgan fingerprint density at radius 3 is 2.82 bits per heavy atom. The zero-order chi connectivity index (χ0) is 15.7. The van der Waals surface area contributed by atoms with Gasteiger partial charge >= 0.3 is 0 Å². The van der Waals surface area contributed by atoms with Crippen molar-refractivity contribution in [2.24, 2.45) is 0 Å². The Kier molecular flexibility index (Phi) is 4.09. The zero-order valence-corrected chi connectivity index (χ0v) is 13.6. The summed E-state index contributed by atoms with van der Waals surface area (Å²) in [6.45, 7) is 9.88. The van der Waals surface area contributed by atoms with Gasteiger partial charge in [-0.05, 0) is 37.3 Å². The largest absolute Gasteiger partial charge is 0.369 e.